The lowest BCUT2D eigenvalue weighted by Crippen LogP contribution is -2.39. The average Bonchev–Trinajstić information content (AvgIpc) is 3.49. The van der Waals surface area contributed by atoms with E-state index in [0.717, 1.165) is 22.3 Å². The Morgan fingerprint density at radius 2 is 1.90 bits per heavy atom. The minimum absolute atomic E-state index is 0.0859. The Bertz CT molecular complexity index is 1470. The second kappa shape index (κ2) is 12.2. The highest BCUT2D eigenvalue weighted by atomic mass is 35.5. The minimum atomic E-state index is -4.24. The average molecular weight is 607 g/mol. The van der Waals surface area contributed by atoms with Crippen LogP contribution in [-0.2, 0) is 0 Å². The van der Waals surface area contributed by atoms with Crippen LogP contribution in [0.2, 0.25) is 5.02 Å². The van der Waals surface area contributed by atoms with Crippen LogP contribution < -0.4 is 15.0 Å². The van der Waals surface area contributed by atoms with Gasteiger partial charge in [-0.15, -0.1) is 0 Å². The summed E-state index contributed by atoms with van der Waals surface area (Å²) in [5, 5.41) is 17.5. The van der Waals surface area contributed by atoms with Gasteiger partial charge in [0.2, 0.25) is 0 Å². The molecular formula is C29H34ClF3N6O3. The molecule has 0 unspecified atom stereocenters. The van der Waals surface area contributed by atoms with Crippen LogP contribution >= 0.6 is 11.6 Å². The number of rotatable bonds is 9. The summed E-state index contributed by atoms with van der Waals surface area (Å²) in [5.74, 6) is 2.13. The van der Waals surface area contributed by atoms with Gasteiger partial charge in [0, 0.05) is 43.9 Å². The van der Waals surface area contributed by atoms with Crippen molar-refractivity contribution in [3.05, 3.63) is 51.4 Å². The number of benzene rings is 1. The van der Waals surface area contributed by atoms with Crippen molar-refractivity contribution in [3.8, 4) is 28.4 Å². The molecule has 2 aliphatic heterocycles. The van der Waals surface area contributed by atoms with Gasteiger partial charge in [0.05, 0.1) is 28.5 Å². The van der Waals surface area contributed by atoms with Crippen molar-refractivity contribution in [2.75, 3.05) is 57.8 Å². The second-order valence-electron chi connectivity index (χ2n) is 10.8. The largest absolute Gasteiger partial charge is 0.491 e. The number of alkyl halides is 3. The van der Waals surface area contributed by atoms with Crippen molar-refractivity contribution in [2.24, 2.45) is 0 Å². The Balaban J connectivity index is 1.51. The minimum Gasteiger partial charge on any atom is -0.491 e. The zero-order valence-electron chi connectivity index (χ0n) is 24.0. The van der Waals surface area contributed by atoms with Crippen LogP contribution in [0, 0.1) is 20.8 Å². The summed E-state index contributed by atoms with van der Waals surface area (Å²) in [6.45, 7) is 6.85. The molecule has 42 heavy (non-hydrogen) atoms. The topological polar surface area (TPSA) is 99.8 Å². The zero-order chi connectivity index (χ0) is 30.2. The molecule has 0 saturated heterocycles. The third-order valence-corrected chi connectivity index (χ3v) is 7.89. The molecule has 0 amide bonds. The Morgan fingerprint density at radius 3 is 2.60 bits per heavy atom. The normalized spacial score (nSPS) is 16.7. The first-order chi connectivity index (χ1) is 19.9. The van der Waals surface area contributed by atoms with E-state index in [1.165, 1.54) is 4.90 Å². The zero-order valence-corrected chi connectivity index (χ0v) is 24.7. The fourth-order valence-corrected chi connectivity index (χ4v) is 5.79. The Kier molecular flexibility index (Phi) is 8.79. The quantitative estimate of drug-likeness (QED) is 0.335. The number of aliphatic hydroxyl groups excluding tert-OH is 1. The number of anilines is 1. The highest BCUT2D eigenvalue weighted by molar-refractivity contribution is 6.33. The number of aliphatic hydroxyl groups is 1. The van der Waals surface area contributed by atoms with Crippen LogP contribution in [0.1, 0.15) is 23.4 Å². The molecule has 2 aromatic heterocycles. The Morgan fingerprint density at radius 1 is 1.14 bits per heavy atom. The molecule has 1 atom stereocenters. The summed E-state index contributed by atoms with van der Waals surface area (Å²) in [5.41, 5.74) is 5.57. The number of likely N-dealkylation sites (N-methyl/N-ethyl adjacent to an activating group) is 1. The predicted octanol–water partition coefficient (Wildman–Crippen LogP) is 4.72. The molecular weight excluding hydrogens is 573 g/mol. The number of nitrogens with one attached hydrogen (secondary N) is 1. The first-order valence-corrected chi connectivity index (χ1v) is 14.1. The number of ether oxygens (including phenoxy) is 1. The number of hydrogen-bond acceptors (Lipinski definition) is 9. The molecule has 5 rings (SSSR count). The summed E-state index contributed by atoms with van der Waals surface area (Å²) in [4.78, 5) is 13.4. The van der Waals surface area contributed by atoms with Crippen LogP contribution in [0.25, 0.3) is 22.6 Å². The second-order valence-corrected chi connectivity index (χ2v) is 11.3. The first-order valence-electron chi connectivity index (χ1n) is 13.7. The van der Waals surface area contributed by atoms with E-state index in [0.29, 0.717) is 77.7 Å². The first kappa shape index (κ1) is 30.3. The van der Waals surface area contributed by atoms with Gasteiger partial charge in [-0.3, -0.25) is 4.90 Å². The van der Waals surface area contributed by atoms with E-state index < -0.39 is 18.8 Å². The van der Waals surface area contributed by atoms with E-state index in [4.69, 9.17) is 30.8 Å². The van der Waals surface area contributed by atoms with Crippen molar-refractivity contribution in [1.82, 2.24) is 25.3 Å². The van der Waals surface area contributed by atoms with Crippen molar-refractivity contribution >= 4 is 17.4 Å². The van der Waals surface area contributed by atoms with Crippen molar-refractivity contribution < 1.29 is 27.5 Å². The molecule has 0 radical (unpaired) electrons. The summed E-state index contributed by atoms with van der Waals surface area (Å²) >= 11 is 6.66. The lowest BCUT2D eigenvalue weighted by Gasteiger charge is -2.28. The molecule has 0 saturated carbocycles. The SMILES string of the molecule is CNC[C@@H](O)COc1ccc(Cl)c(-c2nc(-c3c(C)noc3C)c(C)c(N3CC4=C(CN(CC(F)(F)F)CC4)C3)n2)c1. The third-order valence-electron chi connectivity index (χ3n) is 7.56. The number of aryl methyl sites for hydroxylation is 2. The molecule has 3 aromatic rings. The molecule has 0 fully saturated rings. The maximum absolute atomic E-state index is 13.1. The van der Waals surface area contributed by atoms with Gasteiger partial charge in [0.15, 0.2) is 5.82 Å². The van der Waals surface area contributed by atoms with Crippen LogP contribution in [-0.4, -0.2) is 90.3 Å². The number of hydrogen-bond donors (Lipinski definition) is 2. The molecule has 0 spiro atoms. The van der Waals surface area contributed by atoms with Crippen LogP contribution in [0.15, 0.2) is 33.9 Å². The number of halogens is 4. The summed E-state index contributed by atoms with van der Waals surface area (Å²) in [6, 6.07) is 5.15. The van der Waals surface area contributed by atoms with Crippen molar-refractivity contribution in [2.45, 2.75) is 39.5 Å². The molecule has 4 heterocycles. The van der Waals surface area contributed by atoms with E-state index in [-0.39, 0.29) is 13.2 Å². The standard InChI is InChI=1S/C29H34ClF3N6O3/c1-16-26(25-17(2)37-42-18(25)3)35-27(23-9-22(5-6-24(23)30)41-14-21(40)10-34-4)36-28(16)39-12-19-7-8-38(11-20(19)13-39)15-29(31,32)33/h5-6,9,21,34,40H,7-8,10-15H2,1-4H3/t21-/m1/s1. The number of aromatic nitrogens is 3. The Hall–Kier alpha value is -3.19. The highest BCUT2D eigenvalue weighted by Crippen LogP contribution is 2.39. The lowest BCUT2D eigenvalue weighted by atomic mass is 10.0. The van der Waals surface area contributed by atoms with E-state index >= 15 is 0 Å². The summed E-state index contributed by atoms with van der Waals surface area (Å²) in [6.07, 6.45) is -4.34. The highest BCUT2D eigenvalue weighted by Gasteiger charge is 2.35. The van der Waals surface area contributed by atoms with E-state index in [9.17, 15) is 18.3 Å². The molecule has 226 valence electrons. The fourth-order valence-electron chi connectivity index (χ4n) is 5.59. The summed E-state index contributed by atoms with van der Waals surface area (Å²) < 4.78 is 50.5. The van der Waals surface area contributed by atoms with E-state index in [2.05, 4.69) is 15.4 Å². The van der Waals surface area contributed by atoms with Crippen molar-refractivity contribution in [3.63, 3.8) is 0 Å². The third kappa shape index (κ3) is 6.56. The van der Waals surface area contributed by atoms with Crippen LogP contribution in [0.5, 0.6) is 5.75 Å². The molecule has 13 heteroatoms. The summed E-state index contributed by atoms with van der Waals surface area (Å²) in [7, 11) is 1.75. The van der Waals surface area contributed by atoms with Crippen LogP contribution in [0.3, 0.4) is 0 Å². The maximum atomic E-state index is 13.1. The predicted molar refractivity (Wildman–Crippen MR) is 154 cm³/mol. The van der Waals surface area contributed by atoms with Gasteiger partial charge < -0.3 is 24.6 Å². The monoisotopic (exact) mass is 606 g/mol. The fraction of sp³-hybridized carbons (Fsp3) is 0.483. The van der Waals surface area contributed by atoms with Gasteiger partial charge >= 0.3 is 6.18 Å². The van der Waals surface area contributed by atoms with E-state index in [1.54, 1.807) is 25.2 Å². The Labute approximate surface area is 247 Å². The lowest BCUT2D eigenvalue weighted by molar-refractivity contribution is -0.145. The number of nitrogens with zero attached hydrogens (tertiary/aromatic N) is 5. The van der Waals surface area contributed by atoms with Crippen molar-refractivity contribution in [1.29, 1.82) is 0 Å². The smallest absolute Gasteiger partial charge is 0.401 e. The van der Waals surface area contributed by atoms with Gasteiger partial charge in [-0.1, -0.05) is 16.8 Å². The van der Waals surface area contributed by atoms with E-state index in [1.807, 2.05) is 20.8 Å². The molecule has 2 aliphatic rings. The van der Waals surface area contributed by atoms with Gasteiger partial charge in [-0.25, -0.2) is 9.97 Å². The van der Waals surface area contributed by atoms with Gasteiger partial charge in [0.1, 0.15) is 30.0 Å². The molecule has 1 aromatic carbocycles. The molecule has 0 bridgehead atoms. The van der Waals surface area contributed by atoms with Gasteiger partial charge in [-0.05, 0) is 63.6 Å². The van der Waals surface area contributed by atoms with Gasteiger partial charge in [0.25, 0.3) is 0 Å². The molecule has 9 nitrogen and oxygen atoms in total. The van der Waals surface area contributed by atoms with Crippen LogP contribution in [0.4, 0.5) is 19.0 Å². The molecule has 2 N–H and O–H groups in total. The molecule has 0 aliphatic carbocycles. The van der Waals surface area contributed by atoms with Gasteiger partial charge in [-0.2, -0.15) is 13.2 Å². The maximum Gasteiger partial charge on any atom is 0.401 e.